The molecule has 6 nitrogen and oxygen atoms in total. The fourth-order valence-corrected chi connectivity index (χ4v) is 4.43. The second kappa shape index (κ2) is 5.71. The molecule has 0 aromatic heterocycles. The van der Waals surface area contributed by atoms with E-state index in [2.05, 4.69) is 17.0 Å². The van der Waals surface area contributed by atoms with Crippen molar-refractivity contribution in [3.05, 3.63) is 42.5 Å². The number of aliphatic imine (C=N–C) groups is 1. The highest BCUT2D eigenvalue weighted by molar-refractivity contribution is 7.98. The van der Waals surface area contributed by atoms with Crippen LogP contribution < -0.4 is 9.62 Å². The van der Waals surface area contributed by atoms with Crippen LogP contribution in [0.2, 0.25) is 0 Å². The zero-order valence-corrected chi connectivity index (χ0v) is 13.8. The fraction of sp³-hybridized carbons (Fsp3) is 0.0667. The van der Waals surface area contributed by atoms with Gasteiger partial charge < -0.3 is 5.32 Å². The van der Waals surface area contributed by atoms with Crippen molar-refractivity contribution in [1.29, 1.82) is 0 Å². The number of anilines is 2. The van der Waals surface area contributed by atoms with Crippen LogP contribution in [0.4, 0.5) is 21.9 Å². The van der Waals surface area contributed by atoms with Crippen LogP contribution in [0.15, 0.2) is 57.2 Å². The highest BCUT2D eigenvalue weighted by Gasteiger charge is 2.37. The molecule has 3 rings (SSSR count). The number of carbonyl (C=O) groups is 1. The zero-order chi connectivity index (χ0) is 16.6. The Kier molecular flexibility index (Phi) is 3.87. The average Bonchev–Trinajstić information content (AvgIpc) is 2.54. The van der Waals surface area contributed by atoms with E-state index in [9.17, 15) is 13.2 Å². The van der Waals surface area contributed by atoms with Gasteiger partial charge in [-0.25, -0.2) is 13.2 Å². The Morgan fingerprint density at radius 2 is 1.96 bits per heavy atom. The number of sulfonamides is 1. The van der Waals surface area contributed by atoms with Crippen LogP contribution in [-0.2, 0) is 10.0 Å². The Morgan fingerprint density at radius 1 is 1.22 bits per heavy atom. The van der Waals surface area contributed by atoms with Crippen molar-refractivity contribution in [3.8, 4) is 0 Å². The number of hydrogen-bond acceptors (Lipinski definition) is 5. The van der Waals surface area contributed by atoms with Crippen LogP contribution in [-0.4, -0.2) is 27.4 Å². The number of benzene rings is 2. The van der Waals surface area contributed by atoms with Crippen LogP contribution in [0.25, 0.3) is 0 Å². The van der Waals surface area contributed by atoms with Gasteiger partial charge in [0, 0.05) is 4.90 Å². The third-order valence-electron chi connectivity index (χ3n) is 3.40. The summed E-state index contributed by atoms with van der Waals surface area (Å²) in [5.74, 6) is 0. The molecule has 23 heavy (non-hydrogen) atoms. The highest BCUT2D eigenvalue weighted by atomic mass is 32.2. The predicted octanol–water partition coefficient (Wildman–Crippen LogP) is 3.48. The molecule has 118 valence electrons. The molecule has 0 unspecified atom stereocenters. The summed E-state index contributed by atoms with van der Waals surface area (Å²) in [6.07, 6.45) is 1.84. The molecule has 1 aliphatic rings. The Labute approximate surface area is 138 Å². The van der Waals surface area contributed by atoms with E-state index in [0.717, 1.165) is 9.20 Å². The second-order valence-electron chi connectivity index (χ2n) is 4.71. The third kappa shape index (κ3) is 2.49. The molecule has 0 fully saturated rings. The zero-order valence-electron chi connectivity index (χ0n) is 12.2. The summed E-state index contributed by atoms with van der Waals surface area (Å²) >= 11 is 1.40. The molecular formula is C15H13N3O3S2. The summed E-state index contributed by atoms with van der Waals surface area (Å²) in [6, 6.07) is 10.4. The number of rotatable bonds is 3. The minimum absolute atomic E-state index is 0.0659. The molecule has 0 radical (unpaired) electrons. The van der Waals surface area contributed by atoms with E-state index in [1.807, 2.05) is 6.26 Å². The molecule has 1 aliphatic heterocycles. The first kappa shape index (κ1) is 15.6. The maximum absolute atomic E-state index is 12.8. The van der Waals surface area contributed by atoms with E-state index < -0.39 is 16.1 Å². The van der Waals surface area contributed by atoms with E-state index in [1.165, 1.54) is 23.9 Å². The molecule has 8 heteroatoms. The number of thioether (sulfide) groups is 1. The minimum atomic E-state index is -3.96. The summed E-state index contributed by atoms with van der Waals surface area (Å²) in [6.45, 7) is 3.48. The lowest BCUT2D eigenvalue weighted by atomic mass is 10.3. The lowest BCUT2D eigenvalue weighted by Gasteiger charge is -2.29. The minimum Gasteiger partial charge on any atom is -0.305 e. The van der Waals surface area contributed by atoms with Crippen molar-refractivity contribution in [2.75, 3.05) is 15.9 Å². The smallest absolute Gasteiger partial charge is 0.305 e. The molecule has 0 saturated heterocycles. The van der Waals surface area contributed by atoms with E-state index in [-0.39, 0.29) is 16.3 Å². The van der Waals surface area contributed by atoms with Crippen LogP contribution in [0.5, 0.6) is 0 Å². The maximum Gasteiger partial charge on any atom is 0.340 e. The Bertz CT molecular complexity index is 910. The average molecular weight is 347 g/mol. The lowest BCUT2D eigenvalue weighted by molar-refractivity contribution is 0.259. The van der Waals surface area contributed by atoms with E-state index in [4.69, 9.17) is 0 Å². The maximum atomic E-state index is 12.8. The van der Waals surface area contributed by atoms with Crippen LogP contribution in [0.1, 0.15) is 0 Å². The van der Waals surface area contributed by atoms with Gasteiger partial charge in [-0.1, -0.05) is 12.1 Å². The van der Waals surface area contributed by atoms with Crippen molar-refractivity contribution < 1.29 is 13.2 Å². The number of nitrogens with one attached hydrogen (secondary N) is 1. The number of para-hydroxylation sites is 1. The van der Waals surface area contributed by atoms with Gasteiger partial charge in [-0.05, 0) is 43.3 Å². The van der Waals surface area contributed by atoms with Crippen LogP contribution in [0, 0.1) is 0 Å². The predicted molar refractivity (Wildman–Crippen MR) is 92.6 cm³/mol. The SMILES string of the molecule is C=Nc1ccc(N2C(=O)Nc3ccccc3S2(=O)=O)cc1SC. The van der Waals surface area contributed by atoms with Gasteiger partial charge in [-0.3, -0.25) is 4.99 Å². The van der Waals surface area contributed by atoms with Crippen LogP contribution in [0.3, 0.4) is 0 Å². The topological polar surface area (TPSA) is 78.8 Å². The largest absolute Gasteiger partial charge is 0.340 e. The number of urea groups is 1. The number of nitrogens with zero attached hydrogens (tertiary/aromatic N) is 2. The number of fused-ring (bicyclic) bond motifs is 1. The summed E-state index contributed by atoms with van der Waals surface area (Å²) < 4.78 is 26.3. The second-order valence-corrected chi connectivity index (χ2v) is 7.31. The van der Waals surface area contributed by atoms with Gasteiger partial charge in [-0.15, -0.1) is 11.8 Å². The van der Waals surface area contributed by atoms with Crippen molar-refractivity contribution in [2.24, 2.45) is 4.99 Å². The van der Waals surface area contributed by atoms with Gasteiger partial charge >= 0.3 is 6.03 Å². The van der Waals surface area contributed by atoms with Gasteiger partial charge in [-0.2, -0.15) is 4.31 Å². The van der Waals surface area contributed by atoms with E-state index in [0.29, 0.717) is 5.69 Å². The molecular weight excluding hydrogens is 334 g/mol. The molecule has 0 aliphatic carbocycles. The molecule has 1 N–H and O–H groups in total. The first-order valence-corrected chi connectivity index (χ1v) is 9.25. The van der Waals surface area contributed by atoms with Gasteiger partial charge in [0.1, 0.15) is 4.90 Å². The van der Waals surface area contributed by atoms with Crippen molar-refractivity contribution in [2.45, 2.75) is 9.79 Å². The van der Waals surface area contributed by atoms with Crippen LogP contribution >= 0.6 is 11.8 Å². The fourth-order valence-electron chi connectivity index (χ4n) is 2.35. The summed E-state index contributed by atoms with van der Waals surface area (Å²) in [5, 5.41) is 2.60. The van der Waals surface area contributed by atoms with E-state index >= 15 is 0 Å². The molecule has 0 saturated carbocycles. The summed E-state index contributed by atoms with van der Waals surface area (Å²) in [5.41, 5.74) is 1.17. The molecule has 2 aromatic carbocycles. The monoisotopic (exact) mass is 347 g/mol. The molecule has 2 amide bonds. The van der Waals surface area contributed by atoms with Gasteiger partial charge in [0.05, 0.1) is 17.1 Å². The summed E-state index contributed by atoms with van der Waals surface area (Å²) in [7, 11) is -3.96. The normalized spacial score (nSPS) is 15.7. The summed E-state index contributed by atoms with van der Waals surface area (Å²) in [4.78, 5) is 17.0. The Morgan fingerprint density at radius 3 is 2.65 bits per heavy atom. The van der Waals surface area contributed by atoms with Gasteiger partial charge in [0.2, 0.25) is 0 Å². The van der Waals surface area contributed by atoms with E-state index in [1.54, 1.807) is 30.3 Å². The molecule has 0 atom stereocenters. The van der Waals surface area contributed by atoms with Crippen molar-refractivity contribution >= 4 is 51.6 Å². The number of carbonyl (C=O) groups excluding carboxylic acids is 1. The number of amides is 2. The van der Waals surface area contributed by atoms with Gasteiger partial charge in [0.25, 0.3) is 10.0 Å². The quantitative estimate of drug-likeness (QED) is 0.681. The first-order chi connectivity index (χ1) is 11.0. The van der Waals surface area contributed by atoms with Crippen molar-refractivity contribution in [1.82, 2.24) is 0 Å². The first-order valence-electron chi connectivity index (χ1n) is 6.59. The lowest BCUT2D eigenvalue weighted by Crippen LogP contribution is -2.44. The molecule has 0 spiro atoms. The third-order valence-corrected chi connectivity index (χ3v) is 5.94. The van der Waals surface area contributed by atoms with Crippen molar-refractivity contribution in [3.63, 3.8) is 0 Å². The standard InChI is InChI=1S/C15H13N3O3S2/c1-16-11-8-7-10(9-13(11)22-2)18-15(19)17-12-5-3-4-6-14(12)23(18,20)21/h3-9H,1H2,2H3,(H,17,19). The molecule has 2 aromatic rings. The Hall–Kier alpha value is -2.32. The highest BCUT2D eigenvalue weighted by Crippen LogP contribution is 2.37. The van der Waals surface area contributed by atoms with Gasteiger partial charge in [0.15, 0.2) is 0 Å². The number of hydrogen-bond donors (Lipinski definition) is 1. The Balaban J connectivity index is 2.17. The molecule has 0 bridgehead atoms. The molecule has 1 heterocycles.